The molecule has 1 amide bonds. The van der Waals surface area contributed by atoms with Gasteiger partial charge in [0.1, 0.15) is 17.5 Å². The van der Waals surface area contributed by atoms with Crippen molar-refractivity contribution in [2.75, 3.05) is 0 Å². The smallest absolute Gasteiger partial charge is 0.262 e. The minimum Gasteiger partial charge on any atom is -0.347 e. The summed E-state index contributed by atoms with van der Waals surface area (Å²) in [4.78, 5) is 34.0. The van der Waals surface area contributed by atoms with Gasteiger partial charge in [-0.2, -0.15) is 0 Å². The quantitative estimate of drug-likeness (QED) is 0.439. The zero-order valence-electron chi connectivity index (χ0n) is 18.6. The summed E-state index contributed by atoms with van der Waals surface area (Å²) in [5, 5.41) is 3.18. The van der Waals surface area contributed by atoms with E-state index in [1.54, 1.807) is 37.5 Å². The van der Waals surface area contributed by atoms with Gasteiger partial charge in [-0.25, -0.2) is 13.8 Å². The summed E-state index contributed by atoms with van der Waals surface area (Å²) < 4.78 is 30.2. The second-order valence-electron chi connectivity index (χ2n) is 8.75. The largest absolute Gasteiger partial charge is 0.347 e. The highest BCUT2D eigenvalue weighted by Crippen LogP contribution is 2.38. The fourth-order valence-corrected chi connectivity index (χ4v) is 4.74. The van der Waals surface area contributed by atoms with Crippen molar-refractivity contribution in [2.24, 2.45) is 5.92 Å². The number of nitrogens with one attached hydrogen (secondary N) is 2. The molecule has 1 atom stereocenters. The zero-order chi connectivity index (χ0) is 23.8. The first-order valence-electron chi connectivity index (χ1n) is 11.3. The summed E-state index contributed by atoms with van der Waals surface area (Å²) >= 11 is 0. The lowest BCUT2D eigenvalue weighted by molar-refractivity contribution is 0.0900. The van der Waals surface area contributed by atoms with Crippen LogP contribution in [0.25, 0.3) is 10.8 Å². The second kappa shape index (κ2) is 8.85. The molecule has 0 bridgehead atoms. The van der Waals surface area contributed by atoms with E-state index >= 15 is 0 Å². The molecule has 4 aromatic rings. The van der Waals surface area contributed by atoms with Gasteiger partial charge in [0, 0.05) is 23.5 Å². The van der Waals surface area contributed by atoms with Gasteiger partial charge in [0.25, 0.3) is 11.5 Å². The Balaban J connectivity index is 1.62. The molecular formula is C26H24F2N4O2. The summed E-state index contributed by atoms with van der Waals surface area (Å²) in [6, 6.07) is 10.1. The van der Waals surface area contributed by atoms with Crippen LogP contribution in [0.2, 0.25) is 0 Å². The molecule has 5 rings (SSSR count). The maximum atomic E-state index is 14.8. The molecule has 1 fully saturated rings. The number of hydrogen-bond donors (Lipinski definition) is 2. The summed E-state index contributed by atoms with van der Waals surface area (Å²) in [6.07, 6.45) is 6.09. The van der Waals surface area contributed by atoms with E-state index in [0.717, 1.165) is 19.3 Å². The van der Waals surface area contributed by atoms with Crippen molar-refractivity contribution < 1.29 is 13.6 Å². The lowest BCUT2D eigenvalue weighted by Crippen LogP contribution is -2.38. The molecule has 6 nitrogen and oxygen atoms in total. The minimum absolute atomic E-state index is 0.0676. The van der Waals surface area contributed by atoms with E-state index in [9.17, 15) is 18.4 Å². The first kappa shape index (κ1) is 22.0. The molecule has 2 N–H and O–H groups in total. The number of halogens is 2. The van der Waals surface area contributed by atoms with Crippen molar-refractivity contribution in [3.8, 4) is 0 Å². The minimum atomic E-state index is -0.689. The molecule has 8 heteroatoms. The van der Waals surface area contributed by atoms with Gasteiger partial charge >= 0.3 is 0 Å². The highest BCUT2D eigenvalue weighted by molar-refractivity contribution is 6.08. The van der Waals surface area contributed by atoms with Gasteiger partial charge in [0.15, 0.2) is 0 Å². The van der Waals surface area contributed by atoms with E-state index in [-0.39, 0.29) is 40.7 Å². The second-order valence-corrected chi connectivity index (χ2v) is 8.75. The van der Waals surface area contributed by atoms with Gasteiger partial charge in [-0.15, -0.1) is 0 Å². The van der Waals surface area contributed by atoms with Gasteiger partial charge in [0.05, 0.1) is 23.5 Å². The average molecular weight is 463 g/mol. The van der Waals surface area contributed by atoms with E-state index < -0.39 is 17.3 Å². The van der Waals surface area contributed by atoms with Crippen LogP contribution < -0.4 is 10.9 Å². The van der Waals surface area contributed by atoms with Crippen LogP contribution in [0.3, 0.4) is 0 Å². The number of aromatic nitrogens is 3. The standard InChI is InChI=1S/C26H24F2N4O2/c1-15-22(25(33)31-24(16-5-2-6-16)17-7-3-8-18(27)13-17)19-9-4-10-20(28)23(19)26(34)32(15)14-21-29-11-12-30-21/h3-4,7-13,16,24H,2,5-6,14H2,1H3,(H,29,30)(H,31,33). The summed E-state index contributed by atoms with van der Waals surface area (Å²) in [5.74, 6) is -0.790. The Labute approximate surface area is 194 Å². The SMILES string of the molecule is Cc1c(C(=O)NC(c2cccc(F)c2)C2CCC2)c2cccc(F)c2c(=O)n1Cc1ncc[nH]1. The van der Waals surface area contributed by atoms with Crippen LogP contribution in [-0.2, 0) is 6.54 Å². The molecule has 1 aliphatic rings. The van der Waals surface area contributed by atoms with Crippen molar-refractivity contribution >= 4 is 16.7 Å². The van der Waals surface area contributed by atoms with Crippen molar-refractivity contribution in [3.05, 3.63) is 99.5 Å². The Kier molecular flexibility index (Phi) is 5.73. The van der Waals surface area contributed by atoms with Gasteiger partial charge in [-0.3, -0.25) is 9.59 Å². The van der Waals surface area contributed by atoms with Crippen LogP contribution in [0, 0.1) is 24.5 Å². The van der Waals surface area contributed by atoms with Gasteiger partial charge < -0.3 is 14.9 Å². The van der Waals surface area contributed by atoms with E-state index in [1.807, 2.05) is 0 Å². The Morgan fingerprint density at radius 1 is 1.24 bits per heavy atom. The summed E-state index contributed by atoms with van der Waals surface area (Å²) in [7, 11) is 0. The monoisotopic (exact) mass is 462 g/mol. The van der Waals surface area contributed by atoms with E-state index in [1.165, 1.54) is 28.8 Å². The number of hydrogen-bond acceptors (Lipinski definition) is 3. The Bertz CT molecular complexity index is 1430. The molecule has 1 aliphatic carbocycles. The predicted molar refractivity (Wildman–Crippen MR) is 125 cm³/mol. The molecule has 2 aromatic carbocycles. The van der Waals surface area contributed by atoms with Crippen molar-refractivity contribution in [3.63, 3.8) is 0 Å². The fourth-order valence-electron chi connectivity index (χ4n) is 4.74. The molecule has 0 saturated heterocycles. The third-order valence-corrected chi connectivity index (χ3v) is 6.71. The highest BCUT2D eigenvalue weighted by Gasteiger charge is 2.31. The zero-order valence-corrected chi connectivity index (χ0v) is 18.6. The number of H-pyrrole nitrogens is 1. The molecule has 174 valence electrons. The van der Waals surface area contributed by atoms with Gasteiger partial charge in [0.2, 0.25) is 0 Å². The van der Waals surface area contributed by atoms with Gasteiger partial charge in [-0.1, -0.05) is 30.7 Å². The van der Waals surface area contributed by atoms with Crippen molar-refractivity contribution in [1.82, 2.24) is 19.9 Å². The van der Waals surface area contributed by atoms with Crippen LogP contribution in [0.5, 0.6) is 0 Å². The number of carbonyl (C=O) groups excluding carboxylic acids is 1. The molecule has 1 saturated carbocycles. The maximum Gasteiger partial charge on any atom is 0.262 e. The first-order chi connectivity index (χ1) is 16.4. The molecule has 34 heavy (non-hydrogen) atoms. The molecule has 1 unspecified atom stereocenters. The summed E-state index contributed by atoms with van der Waals surface area (Å²) in [6.45, 7) is 1.74. The Hall–Kier alpha value is -3.81. The van der Waals surface area contributed by atoms with E-state index in [0.29, 0.717) is 17.1 Å². The fraction of sp³-hybridized carbons (Fsp3) is 0.269. The molecular weight excluding hydrogens is 438 g/mol. The average Bonchev–Trinajstić information content (AvgIpc) is 3.28. The van der Waals surface area contributed by atoms with Gasteiger partial charge in [-0.05, 0) is 49.4 Å². The molecule has 2 heterocycles. The summed E-state index contributed by atoms with van der Waals surface area (Å²) in [5.41, 5.74) is 0.791. The Morgan fingerprint density at radius 2 is 2.03 bits per heavy atom. The van der Waals surface area contributed by atoms with Crippen LogP contribution in [0.15, 0.2) is 59.7 Å². The van der Waals surface area contributed by atoms with Crippen LogP contribution >= 0.6 is 0 Å². The molecule has 2 aromatic heterocycles. The first-order valence-corrected chi connectivity index (χ1v) is 11.3. The highest BCUT2D eigenvalue weighted by atomic mass is 19.1. The predicted octanol–water partition coefficient (Wildman–Crippen LogP) is 4.63. The topological polar surface area (TPSA) is 79.8 Å². The van der Waals surface area contributed by atoms with Crippen LogP contribution in [0.1, 0.15) is 52.7 Å². The lowest BCUT2D eigenvalue weighted by Gasteiger charge is -2.35. The maximum absolute atomic E-state index is 14.8. The number of pyridine rings is 1. The number of carbonyl (C=O) groups is 1. The van der Waals surface area contributed by atoms with E-state index in [4.69, 9.17) is 0 Å². The lowest BCUT2D eigenvalue weighted by atomic mass is 9.77. The van der Waals surface area contributed by atoms with Crippen LogP contribution in [0.4, 0.5) is 8.78 Å². The number of benzene rings is 2. The van der Waals surface area contributed by atoms with Crippen molar-refractivity contribution in [2.45, 2.75) is 38.8 Å². The number of amides is 1. The molecule has 0 spiro atoms. The normalized spacial score (nSPS) is 14.7. The third kappa shape index (κ3) is 3.89. The van der Waals surface area contributed by atoms with Crippen molar-refractivity contribution in [1.29, 1.82) is 0 Å². The number of aromatic amines is 1. The van der Waals surface area contributed by atoms with E-state index in [2.05, 4.69) is 15.3 Å². The number of imidazole rings is 1. The number of nitrogens with zero attached hydrogens (tertiary/aromatic N) is 2. The number of rotatable bonds is 6. The Morgan fingerprint density at radius 3 is 2.71 bits per heavy atom. The molecule has 0 aliphatic heterocycles. The molecule has 0 radical (unpaired) electrons. The number of fused-ring (bicyclic) bond motifs is 1. The van der Waals surface area contributed by atoms with Crippen LogP contribution in [-0.4, -0.2) is 20.4 Å². The third-order valence-electron chi connectivity index (χ3n) is 6.71.